The number of hydrogen-bond acceptors (Lipinski definition) is 5. The zero-order valence-electron chi connectivity index (χ0n) is 13.3. The predicted octanol–water partition coefficient (Wildman–Crippen LogP) is 2.67. The fourth-order valence-electron chi connectivity index (χ4n) is 2.74. The van der Waals surface area contributed by atoms with Gasteiger partial charge in [0.2, 0.25) is 0 Å². The van der Waals surface area contributed by atoms with Gasteiger partial charge >= 0.3 is 5.97 Å². The number of rotatable bonds is 5. The molecule has 0 bridgehead atoms. The predicted molar refractivity (Wildman–Crippen MR) is 82.7 cm³/mol. The highest BCUT2D eigenvalue weighted by molar-refractivity contribution is 5.92. The van der Waals surface area contributed by atoms with E-state index in [1.807, 2.05) is 44.2 Å². The van der Waals surface area contributed by atoms with E-state index in [0.29, 0.717) is 5.57 Å². The van der Waals surface area contributed by atoms with Gasteiger partial charge in [-0.15, -0.1) is 0 Å². The monoisotopic (exact) mass is 303 g/mol. The summed E-state index contributed by atoms with van der Waals surface area (Å²) in [5.41, 5.74) is 4.29. The highest BCUT2D eigenvalue weighted by Gasteiger charge is 2.33. The van der Waals surface area contributed by atoms with Crippen LogP contribution < -0.4 is 5.32 Å². The Morgan fingerprint density at radius 2 is 1.82 bits per heavy atom. The number of allylic oxidation sites excluding steroid dienone is 2. The summed E-state index contributed by atoms with van der Waals surface area (Å²) in [6, 6.07) is 9.83. The second-order valence-electron chi connectivity index (χ2n) is 5.08. The number of methoxy groups -OCH3 is 1. The van der Waals surface area contributed by atoms with Crippen molar-refractivity contribution in [3.8, 4) is 0 Å². The van der Waals surface area contributed by atoms with Gasteiger partial charge in [0.25, 0.3) is 0 Å². The van der Waals surface area contributed by atoms with Gasteiger partial charge in [0.05, 0.1) is 19.8 Å². The first kappa shape index (κ1) is 16.3. The fourth-order valence-corrected chi connectivity index (χ4v) is 2.74. The lowest BCUT2D eigenvalue weighted by molar-refractivity contribution is -0.265. The van der Waals surface area contributed by atoms with Crippen molar-refractivity contribution >= 4 is 5.97 Å². The van der Waals surface area contributed by atoms with Gasteiger partial charge in [0.15, 0.2) is 0 Å². The van der Waals surface area contributed by atoms with Gasteiger partial charge in [-0.05, 0) is 25.0 Å². The molecule has 0 aliphatic carbocycles. The number of dihydropyridines is 1. The molecule has 1 aliphatic rings. The molecular formula is C17H21NO4. The van der Waals surface area contributed by atoms with Crippen molar-refractivity contribution in [1.82, 2.24) is 5.32 Å². The summed E-state index contributed by atoms with van der Waals surface area (Å²) < 4.78 is 4.97. The van der Waals surface area contributed by atoms with Crippen molar-refractivity contribution in [2.75, 3.05) is 20.8 Å². The topological polar surface area (TPSA) is 56.8 Å². The van der Waals surface area contributed by atoms with E-state index in [9.17, 15) is 4.79 Å². The molecule has 1 aromatic rings. The number of carbonyl (C=O) groups is 1. The summed E-state index contributed by atoms with van der Waals surface area (Å²) in [4.78, 5) is 22.1. The molecule has 1 aromatic carbocycles. The minimum Gasteiger partial charge on any atom is -0.466 e. The molecule has 5 heteroatoms. The Hall–Kier alpha value is -2.11. The van der Waals surface area contributed by atoms with Crippen LogP contribution in [-0.2, 0) is 19.3 Å². The smallest absolute Gasteiger partial charge is 0.336 e. The first-order valence-corrected chi connectivity index (χ1v) is 7.06. The molecule has 0 aromatic heterocycles. The third-order valence-electron chi connectivity index (χ3n) is 3.77. The van der Waals surface area contributed by atoms with E-state index < -0.39 is 0 Å². The lowest BCUT2D eigenvalue weighted by Gasteiger charge is -2.31. The molecule has 118 valence electrons. The van der Waals surface area contributed by atoms with Crippen LogP contribution in [0, 0.1) is 0 Å². The number of nitrogens with one attached hydrogen (secondary N) is 1. The van der Waals surface area contributed by atoms with E-state index in [0.717, 1.165) is 22.5 Å². The van der Waals surface area contributed by atoms with Crippen molar-refractivity contribution in [2.45, 2.75) is 19.8 Å². The molecule has 0 fully saturated rings. The average Bonchev–Trinajstić information content (AvgIpc) is 2.53. The van der Waals surface area contributed by atoms with Crippen LogP contribution >= 0.6 is 0 Å². The van der Waals surface area contributed by atoms with E-state index in [1.54, 1.807) is 0 Å². The first-order valence-electron chi connectivity index (χ1n) is 7.06. The number of benzene rings is 1. The Kier molecular flexibility index (Phi) is 5.35. The lowest BCUT2D eigenvalue weighted by Crippen LogP contribution is -2.30. The van der Waals surface area contributed by atoms with Gasteiger partial charge in [-0.1, -0.05) is 30.3 Å². The van der Waals surface area contributed by atoms with E-state index in [-0.39, 0.29) is 18.5 Å². The molecular weight excluding hydrogens is 282 g/mol. The Morgan fingerprint density at radius 3 is 2.41 bits per heavy atom. The molecule has 2 rings (SSSR count). The summed E-state index contributed by atoms with van der Waals surface area (Å²) in [5.74, 6) is -0.564. The second-order valence-corrected chi connectivity index (χ2v) is 5.08. The summed E-state index contributed by atoms with van der Waals surface area (Å²) in [6.45, 7) is 4.10. The molecule has 1 heterocycles. The summed E-state index contributed by atoms with van der Waals surface area (Å²) in [5, 5.41) is 3.23. The standard InChI is InChI=1S/C17H21NO4/c1-11-14(10-22-21-4)16(13-8-6-5-7-9-13)15(12(2)18-11)17(19)20-3/h5-9,16,18H,10H2,1-4H3. The van der Waals surface area contributed by atoms with Crippen molar-refractivity contribution in [2.24, 2.45) is 0 Å². The molecule has 5 nitrogen and oxygen atoms in total. The molecule has 1 aliphatic heterocycles. The van der Waals surface area contributed by atoms with Gasteiger partial charge < -0.3 is 10.1 Å². The fraction of sp³-hybridized carbons (Fsp3) is 0.353. The highest BCUT2D eigenvalue weighted by atomic mass is 17.2. The third-order valence-corrected chi connectivity index (χ3v) is 3.77. The Labute approximate surface area is 130 Å². The summed E-state index contributed by atoms with van der Waals surface area (Å²) in [6.07, 6.45) is 0. The SMILES string of the molecule is COOCC1=C(C)NC(C)=C(C(=O)OC)C1c1ccccc1. The molecule has 0 saturated carbocycles. The minimum atomic E-state index is -0.346. The molecule has 1 N–H and O–H groups in total. The highest BCUT2D eigenvalue weighted by Crippen LogP contribution is 2.38. The number of ether oxygens (including phenoxy) is 1. The molecule has 0 radical (unpaired) electrons. The Balaban J connectivity index is 2.53. The lowest BCUT2D eigenvalue weighted by atomic mass is 9.81. The van der Waals surface area contributed by atoms with Gasteiger partial charge in [-0.25, -0.2) is 14.6 Å². The second kappa shape index (κ2) is 7.24. The van der Waals surface area contributed by atoms with Crippen LogP contribution in [0.2, 0.25) is 0 Å². The van der Waals surface area contributed by atoms with Crippen LogP contribution in [0.4, 0.5) is 0 Å². The zero-order chi connectivity index (χ0) is 16.1. The summed E-state index contributed by atoms with van der Waals surface area (Å²) >= 11 is 0. The largest absolute Gasteiger partial charge is 0.466 e. The van der Waals surface area contributed by atoms with Crippen LogP contribution in [0.25, 0.3) is 0 Å². The average molecular weight is 303 g/mol. The van der Waals surface area contributed by atoms with Gasteiger partial charge in [-0.3, -0.25) is 0 Å². The molecule has 0 saturated heterocycles. The van der Waals surface area contributed by atoms with Crippen LogP contribution in [0.5, 0.6) is 0 Å². The van der Waals surface area contributed by atoms with Gasteiger partial charge in [-0.2, -0.15) is 0 Å². The van der Waals surface area contributed by atoms with E-state index in [4.69, 9.17) is 14.5 Å². The maximum atomic E-state index is 12.3. The third kappa shape index (κ3) is 3.21. The number of carbonyl (C=O) groups excluding carboxylic acids is 1. The zero-order valence-corrected chi connectivity index (χ0v) is 13.3. The van der Waals surface area contributed by atoms with Crippen molar-refractivity contribution in [1.29, 1.82) is 0 Å². The molecule has 22 heavy (non-hydrogen) atoms. The van der Waals surface area contributed by atoms with Crippen molar-refractivity contribution in [3.05, 3.63) is 58.4 Å². The molecule has 1 unspecified atom stereocenters. The summed E-state index contributed by atoms with van der Waals surface area (Å²) in [7, 11) is 2.85. The maximum absolute atomic E-state index is 12.3. The Bertz CT molecular complexity index is 604. The number of hydrogen-bond donors (Lipinski definition) is 1. The van der Waals surface area contributed by atoms with Crippen molar-refractivity contribution < 1.29 is 19.3 Å². The van der Waals surface area contributed by atoms with Crippen molar-refractivity contribution in [3.63, 3.8) is 0 Å². The van der Waals surface area contributed by atoms with E-state index >= 15 is 0 Å². The number of esters is 1. The van der Waals surface area contributed by atoms with Crippen LogP contribution in [0.15, 0.2) is 52.9 Å². The normalized spacial score (nSPS) is 18.3. The quantitative estimate of drug-likeness (QED) is 0.515. The van der Waals surface area contributed by atoms with Crippen LogP contribution in [-0.4, -0.2) is 26.8 Å². The Morgan fingerprint density at radius 1 is 1.14 bits per heavy atom. The minimum absolute atomic E-state index is 0.218. The van der Waals surface area contributed by atoms with Gasteiger partial charge in [0.1, 0.15) is 6.61 Å². The first-order chi connectivity index (χ1) is 10.6. The molecule has 1 atom stereocenters. The van der Waals surface area contributed by atoms with E-state index in [2.05, 4.69) is 5.32 Å². The maximum Gasteiger partial charge on any atom is 0.336 e. The van der Waals surface area contributed by atoms with Crippen LogP contribution in [0.1, 0.15) is 25.3 Å². The van der Waals surface area contributed by atoms with Gasteiger partial charge in [0, 0.05) is 17.3 Å². The van der Waals surface area contributed by atoms with E-state index in [1.165, 1.54) is 14.2 Å². The van der Waals surface area contributed by atoms with Crippen LogP contribution in [0.3, 0.4) is 0 Å². The molecule has 0 spiro atoms. The molecule has 0 amide bonds.